The summed E-state index contributed by atoms with van der Waals surface area (Å²) in [6.07, 6.45) is 3.84. The van der Waals surface area contributed by atoms with Crippen molar-refractivity contribution in [2.75, 3.05) is 0 Å². The van der Waals surface area contributed by atoms with E-state index in [-0.39, 0.29) is 0 Å². The SMILES string of the molecule is O=C(O)c1ccsc1Cn1cccc1. The number of rotatable bonds is 3. The quantitative estimate of drug-likeness (QED) is 0.839. The van der Waals surface area contributed by atoms with E-state index in [1.807, 2.05) is 34.5 Å². The molecular weight excluding hydrogens is 198 g/mol. The highest BCUT2D eigenvalue weighted by Crippen LogP contribution is 2.18. The molecule has 0 aliphatic carbocycles. The Labute approximate surface area is 85.2 Å². The Hall–Kier alpha value is -1.55. The zero-order valence-corrected chi connectivity index (χ0v) is 8.20. The Balaban J connectivity index is 2.25. The number of hydrogen-bond donors (Lipinski definition) is 1. The largest absolute Gasteiger partial charge is 0.478 e. The van der Waals surface area contributed by atoms with Crippen LogP contribution in [0.2, 0.25) is 0 Å². The third-order valence-electron chi connectivity index (χ3n) is 1.97. The summed E-state index contributed by atoms with van der Waals surface area (Å²) < 4.78 is 1.96. The molecule has 0 aliphatic heterocycles. The van der Waals surface area contributed by atoms with E-state index in [1.165, 1.54) is 11.3 Å². The number of aromatic carboxylic acids is 1. The van der Waals surface area contributed by atoms with Gasteiger partial charge < -0.3 is 9.67 Å². The van der Waals surface area contributed by atoms with Gasteiger partial charge in [0.05, 0.1) is 12.1 Å². The number of carboxylic acid groups (broad SMARTS) is 1. The number of carbonyl (C=O) groups is 1. The number of nitrogens with zero attached hydrogens (tertiary/aromatic N) is 1. The lowest BCUT2D eigenvalue weighted by Gasteiger charge is -2.01. The number of hydrogen-bond acceptors (Lipinski definition) is 2. The van der Waals surface area contributed by atoms with Crippen molar-refractivity contribution in [3.63, 3.8) is 0 Å². The molecule has 2 heterocycles. The fraction of sp³-hybridized carbons (Fsp3) is 0.100. The van der Waals surface area contributed by atoms with Crippen LogP contribution in [0.25, 0.3) is 0 Å². The Morgan fingerprint density at radius 3 is 2.79 bits per heavy atom. The van der Waals surface area contributed by atoms with Gasteiger partial charge in [-0.05, 0) is 23.6 Å². The van der Waals surface area contributed by atoms with Gasteiger partial charge in [-0.25, -0.2) is 4.79 Å². The maximum absolute atomic E-state index is 10.8. The van der Waals surface area contributed by atoms with Gasteiger partial charge in [-0.15, -0.1) is 11.3 Å². The molecule has 4 heteroatoms. The van der Waals surface area contributed by atoms with E-state index < -0.39 is 5.97 Å². The highest BCUT2D eigenvalue weighted by atomic mass is 32.1. The summed E-state index contributed by atoms with van der Waals surface area (Å²) >= 11 is 1.47. The molecule has 2 aromatic rings. The first-order valence-corrected chi connectivity index (χ1v) is 5.06. The topological polar surface area (TPSA) is 42.2 Å². The molecule has 2 rings (SSSR count). The predicted molar refractivity (Wildman–Crippen MR) is 54.8 cm³/mol. The fourth-order valence-corrected chi connectivity index (χ4v) is 2.17. The average Bonchev–Trinajstić information content (AvgIpc) is 2.75. The molecular formula is C10H9NO2S. The minimum Gasteiger partial charge on any atom is -0.478 e. The molecule has 0 aromatic carbocycles. The van der Waals surface area contributed by atoms with Crippen LogP contribution >= 0.6 is 11.3 Å². The minimum atomic E-state index is -0.853. The van der Waals surface area contributed by atoms with E-state index in [4.69, 9.17) is 5.11 Å². The summed E-state index contributed by atoms with van der Waals surface area (Å²) in [7, 11) is 0. The Morgan fingerprint density at radius 1 is 1.43 bits per heavy atom. The summed E-state index contributed by atoms with van der Waals surface area (Å²) in [4.78, 5) is 11.7. The lowest BCUT2D eigenvalue weighted by atomic mass is 10.2. The zero-order chi connectivity index (χ0) is 9.97. The summed E-state index contributed by atoms with van der Waals surface area (Å²) in [5.41, 5.74) is 0.406. The summed E-state index contributed by atoms with van der Waals surface area (Å²) in [6, 6.07) is 5.49. The van der Waals surface area contributed by atoms with E-state index in [9.17, 15) is 4.79 Å². The first-order chi connectivity index (χ1) is 6.77. The summed E-state index contributed by atoms with van der Waals surface area (Å²) in [6.45, 7) is 0.631. The molecule has 0 amide bonds. The van der Waals surface area contributed by atoms with Gasteiger partial charge >= 0.3 is 5.97 Å². The zero-order valence-electron chi connectivity index (χ0n) is 7.38. The molecule has 2 aromatic heterocycles. The average molecular weight is 207 g/mol. The van der Waals surface area contributed by atoms with Crippen LogP contribution in [0.15, 0.2) is 36.0 Å². The van der Waals surface area contributed by atoms with Crippen LogP contribution in [-0.2, 0) is 6.54 Å². The third-order valence-corrected chi connectivity index (χ3v) is 2.87. The van der Waals surface area contributed by atoms with E-state index in [2.05, 4.69) is 0 Å². The normalized spacial score (nSPS) is 10.3. The van der Waals surface area contributed by atoms with Gasteiger partial charge in [-0.3, -0.25) is 0 Å². The molecule has 0 unspecified atom stereocenters. The number of carboxylic acids is 1. The molecule has 0 radical (unpaired) electrons. The third kappa shape index (κ3) is 1.70. The Bertz CT molecular complexity index is 431. The maximum Gasteiger partial charge on any atom is 0.336 e. The van der Waals surface area contributed by atoms with Crippen LogP contribution in [0.4, 0.5) is 0 Å². The molecule has 3 nitrogen and oxygen atoms in total. The molecule has 0 saturated heterocycles. The molecule has 0 fully saturated rings. The highest BCUT2D eigenvalue weighted by Gasteiger charge is 2.10. The van der Waals surface area contributed by atoms with Gasteiger partial charge in [0.2, 0.25) is 0 Å². The second-order valence-corrected chi connectivity index (χ2v) is 3.92. The van der Waals surface area contributed by atoms with E-state index in [1.54, 1.807) is 6.07 Å². The minimum absolute atomic E-state index is 0.406. The van der Waals surface area contributed by atoms with Crippen LogP contribution in [0.3, 0.4) is 0 Å². The molecule has 0 aliphatic rings. The lowest BCUT2D eigenvalue weighted by molar-refractivity contribution is 0.0696. The van der Waals surface area contributed by atoms with Crippen molar-refractivity contribution in [2.24, 2.45) is 0 Å². The van der Waals surface area contributed by atoms with Crippen LogP contribution < -0.4 is 0 Å². The monoisotopic (exact) mass is 207 g/mol. The van der Waals surface area contributed by atoms with Crippen molar-refractivity contribution < 1.29 is 9.90 Å². The fourth-order valence-electron chi connectivity index (χ4n) is 1.30. The van der Waals surface area contributed by atoms with Crippen LogP contribution in [0.1, 0.15) is 15.2 Å². The van der Waals surface area contributed by atoms with Crippen molar-refractivity contribution in [2.45, 2.75) is 6.54 Å². The number of thiophene rings is 1. The first-order valence-electron chi connectivity index (χ1n) is 4.18. The molecule has 0 bridgehead atoms. The van der Waals surface area contributed by atoms with Crippen molar-refractivity contribution in [3.8, 4) is 0 Å². The maximum atomic E-state index is 10.8. The van der Waals surface area contributed by atoms with Gasteiger partial charge in [0.15, 0.2) is 0 Å². The first kappa shape index (κ1) is 9.02. The smallest absolute Gasteiger partial charge is 0.336 e. The number of aromatic nitrogens is 1. The molecule has 0 spiro atoms. The van der Waals surface area contributed by atoms with Crippen molar-refractivity contribution in [3.05, 3.63) is 46.4 Å². The molecule has 1 N–H and O–H groups in total. The van der Waals surface area contributed by atoms with Gasteiger partial charge in [0.25, 0.3) is 0 Å². The summed E-state index contributed by atoms with van der Waals surface area (Å²) in [5, 5.41) is 10.7. The van der Waals surface area contributed by atoms with Crippen LogP contribution in [0, 0.1) is 0 Å². The van der Waals surface area contributed by atoms with Gasteiger partial charge in [0, 0.05) is 17.3 Å². The van der Waals surface area contributed by atoms with Crippen LogP contribution in [0.5, 0.6) is 0 Å². The van der Waals surface area contributed by atoms with Crippen molar-refractivity contribution in [1.29, 1.82) is 0 Å². The second-order valence-electron chi connectivity index (χ2n) is 2.92. The van der Waals surface area contributed by atoms with Gasteiger partial charge in [-0.1, -0.05) is 0 Å². The van der Waals surface area contributed by atoms with E-state index >= 15 is 0 Å². The van der Waals surface area contributed by atoms with Crippen LogP contribution in [-0.4, -0.2) is 15.6 Å². The summed E-state index contributed by atoms with van der Waals surface area (Å²) in [5.74, 6) is -0.853. The van der Waals surface area contributed by atoms with Gasteiger partial charge in [0.1, 0.15) is 0 Å². The molecule has 0 atom stereocenters. The van der Waals surface area contributed by atoms with Crippen molar-refractivity contribution in [1.82, 2.24) is 4.57 Å². The lowest BCUT2D eigenvalue weighted by Crippen LogP contribution is -2.02. The van der Waals surface area contributed by atoms with Gasteiger partial charge in [-0.2, -0.15) is 0 Å². The second kappa shape index (κ2) is 3.67. The molecule has 14 heavy (non-hydrogen) atoms. The Kier molecular flexibility index (Phi) is 2.37. The van der Waals surface area contributed by atoms with Crippen molar-refractivity contribution >= 4 is 17.3 Å². The standard InChI is InChI=1S/C10H9NO2S/c12-10(13)8-3-6-14-9(8)7-11-4-1-2-5-11/h1-6H,7H2,(H,12,13). The molecule has 0 saturated carbocycles. The van der Waals surface area contributed by atoms with E-state index in [0.717, 1.165) is 4.88 Å². The highest BCUT2D eigenvalue weighted by molar-refractivity contribution is 7.10. The predicted octanol–water partition coefficient (Wildman–Crippen LogP) is 2.30. The van der Waals surface area contributed by atoms with E-state index in [0.29, 0.717) is 12.1 Å². The Morgan fingerprint density at radius 2 is 2.14 bits per heavy atom. The molecule has 72 valence electrons.